The molecule has 2 unspecified atom stereocenters. The van der Waals surface area contributed by atoms with Gasteiger partial charge < -0.3 is 24.3 Å². The Morgan fingerprint density at radius 3 is 2.29 bits per heavy atom. The third kappa shape index (κ3) is 9.41. The number of hydrogen-bond acceptors (Lipinski definition) is 5. The monoisotopic (exact) mass is 667 g/mol. The first-order valence-electron chi connectivity index (χ1n) is 15.7. The average molecular weight is 669 g/mol. The fraction of sp³-hybridized carbons (Fsp3) is 0.282. The van der Waals surface area contributed by atoms with E-state index in [4.69, 9.17) is 18.9 Å². The summed E-state index contributed by atoms with van der Waals surface area (Å²) in [6, 6.07) is 41.9. The van der Waals surface area contributed by atoms with Crippen molar-refractivity contribution >= 4 is 27.8 Å². The minimum atomic E-state index is 0. The molecule has 0 bridgehead atoms. The highest BCUT2D eigenvalue weighted by Crippen LogP contribution is 2.30. The maximum atomic E-state index is 6.48. The first-order valence-corrected chi connectivity index (χ1v) is 15.7. The number of halogens is 1. The van der Waals surface area contributed by atoms with E-state index in [0.717, 1.165) is 48.6 Å². The van der Waals surface area contributed by atoms with E-state index in [1.165, 1.54) is 21.9 Å². The van der Waals surface area contributed by atoms with E-state index in [0.29, 0.717) is 39.0 Å². The third-order valence-corrected chi connectivity index (χ3v) is 8.18. The predicted molar refractivity (Wildman–Crippen MR) is 187 cm³/mol. The quantitative estimate of drug-likeness (QED) is 0.120. The Bertz CT molecular complexity index is 1590. The molecule has 1 saturated heterocycles. The standard InChI is InChI=1S/C39H41NO4.BrH/c1-2-9-30(10-3-1)27-43-38-14-7-6-13-35(38)29-41-23-8-24-42-36-19-17-33(18-20-36)37-21-22-40-26-39(37)44-28-31-15-16-32-11-4-5-12-34(32)25-31;/h1-7,9-20,25,37,39-40H,8,21-24,26-29H2;1H. The second-order valence-electron chi connectivity index (χ2n) is 11.3. The van der Waals surface area contributed by atoms with Crippen molar-refractivity contribution in [2.45, 2.75) is 44.7 Å². The Kier molecular flexibility index (Phi) is 12.5. The number of ether oxygens (including phenoxy) is 4. The zero-order chi connectivity index (χ0) is 29.8. The molecule has 2 atom stereocenters. The Hall–Kier alpha value is -3.68. The molecule has 6 heteroatoms. The van der Waals surface area contributed by atoms with E-state index in [1.54, 1.807) is 0 Å². The van der Waals surface area contributed by atoms with E-state index >= 15 is 0 Å². The van der Waals surface area contributed by atoms with Gasteiger partial charge in [-0.05, 0) is 64.7 Å². The van der Waals surface area contributed by atoms with Crippen molar-refractivity contribution in [1.82, 2.24) is 5.32 Å². The molecule has 1 fully saturated rings. The largest absolute Gasteiger partial charge is 0.494 e. The molecule has 1 heterocycles. The van der Waals surface area contributed by atoms with Gasteiger partial charge in [-0.2, -0.15) is 0 Å². The second-order valence-corrected chi connectivity index (χ2v) is 11.3. The van der Waals surface area contributed by atoms with Crippen LogP contribution in [0.15, 0.2) is 121 Å². The van der Waals surface area contributed by atoms with Gasteiger partial charge in [-0.1, -0.05) is 97.1 Å². The maximum absolute atomic E-state index is 6.48. The minimum Gasteiger partial charge on any atom is -0.494 e. The summed E-state index contributed by atoms with van der Waals surface area (Å²) >= 11 is 0. The van der Waals surface area contributed by atoms with Gasteiger partial charge in [-0.15, -0.1) is 17.0 Å². The zero-order valence-electron chi connectivity index (χ0n) is 25.6. The van der Waals surface area contributed by atoms with Crippen LogP contribution in [0.25, 0.3) is 10.8 Å². The van der Waals surface area contributed by atoms with Gasteiger partial charge in [0.25, 0.3) is 0 Å². The van der Waals surface area contributed by atoms with Gasteiger partial charge in [0.2, 0.25) is 0 Å². The normalized spacial score (nSPS) is 16.2. The van der Waals surface area contributed by atoms with Crippen molar-refractivity contribution in [2.24, 2.45) is 0 Å². The highest BCUT2D eigenvalue weighted by atomic mass is 79.9. The van der Waals surface area contributed by atoms with Gasteiger partial charge >= 0.3 is 0 Å². The van der Waals surface area contributed by atoms with Gasteiger partial charge in [0.1, 0.15) is 18.1 Å². The number of fused-ring (bicyclic) bond motifs is 1. The molecular formula is C39H42BrNO4. The first-order chi connectivity index (χ1) is 21.8. The molecule has 5 nitrogen and oxygen atoms in total. The van der Waals surface area contributed by atoms with Crippen LogP contribution in [0.5, 0.6) is 11.5 Å². The van der Waals surface area contributed by atoms with E-state index < -0.39 is 0 Å². The average Bonchev–Trinajstić information content (AvgIpc) is 3.09. The lowest BCUT2D eigenvalue weighted by Crippen LogP contribution is -2.40. The first kappa shape index (κ1) is 32.7. The van der Waals surface area contributed by atoms with Gasteiger partial charge in [0, 0.05) is 24.4 Å². The van der Waals surface area contributed by atoms with Crippen LogP contribution in [0, 0.1) is 0 Å². The smallest absolute Gasteiger partial charge is 0.125 e. The van der Waals surface area contributed by atoms with Crippen molar-refractivity contribution < 1.29 is 18.9 Å². The molecule has 0 saturated carbocycles. The molecule has 6 rings (SSSR count). The molecule has 5 aromatic rings. The van der Waals surface area contributed by atoms with E-state index in [2.05, 4.69) is 90.2 Å². The highest BCUT2D eigenvalue weighted by Gasteiger charge is 2.27. The fourth-order valence-electron chi connectivity index (χ4n) is 5.76. The van der Waals surface area contributed by atoms with E-state index in [9.17, 15) is 0 Å². The molecule has 0 radical (unpaired) electrons. The van der Waals surface area contributed by atoms with Crippen molar-refractivity contribution in [2.75, 3.05) is 26.3 Å². The highest BCUT2D eigenvalue weighted by molar-refractivity contribution is 8.93. The van der Waals surface area contributed by atoms with E-state index in [1.807, 2.05) is 36.4 Å². The summed E-state index contributed by atoms with van der Waals surface area (Å²) in [4.78, 5) is 0. The van der Waals surface area contributed by atoms with Crippen LogP contribution >= 0.6 is 17.0 Å². The predicted octanol–water partition coefficient (Wildman–Crippen LogP) is 8.64. The third-order valence-electron chi connectivity index (χ3n) is 8.18. The molecule has 5 aromatic carbocycles. The van der Waals surface area contributed by atoms with Crippen LogP contribution in [0.1, 0.15) is 41.0 Å². The van der Waals surface area contributed by atoms with Crippen LogP contribution in [-0.2, 0) is 29.3 Å². The molecule has 0 aliphatic carbocycles. The van der Waals surface area contributed by atoms with Crippen LogP contribution in [0.3, 0.4) is 0 Å². The van der Waals surface area contributed by atoms with Gasteiger partial charge in [-0.25, -0.2) is 0 Å². The summed E-state index contributed by atoms with van der Waals surface area (Å²) in [5.41, 5.74) is 4.71. The number of nitrogens with one attached hydrogen (secondary N) is 1. The molecular weight excluding hydrogens is 626 g/mol. The fourth-order valence-corrected chi connectivity index (χ4v) is 5.76. The molecule has 1 aliphatic rings. The summed E-state index contributed by atoms with van der Waals surface area (Å²) in [5, 5.41) is 6.03. The van der Waals surface area contributed by atoms with E-state index in [-0.39, 0.29) is 23.1 Å². The Balaban J connectivity index is 0.00000400. The molecule has 1 aliphatic heterocycles. The van der Waals surface area contributed by atoms with Crippen LogP contribution < -0.4 is 14.8 Å². The lowest BCUT2D eigenvalue weighted by molar-refractivity contribution is 0.0106. The second kappa shape index (κ2) is 17.1. The Morgan fingerprint density at radius 2 is 1.42 bits per heavy atom. The summed E-state index contributed by atoms with van der Waals surface area (Å²) in [6.45, 7) is 4.76. The zero-order valence-corrected chi connectivity index (χ0v) is 27.3. The number of rotatable bonds is 14. The van der Waals surface area contributed by atoms with Gasteiger partial charge in [-0.3, -0.25) is 0 Å². The van der Waals surface area contributed by atoms with Gasteiger partial charge in [0.15, 0.2) is 0 Å². The van der Waals surface area contributed by atoms with Crippen molar-refractivity contribution in [1.29, 1.82) is 0 Å². The van der Waals surface area contributed by atoms with Crippen molar-refractivity contribution in [3.63, 3.8) is 0 Å². The Labute approximate surface area is 277 Å². The summed E-state index contributed by atoms with van der Waals surface area (Å²) in [6.07, 6.45) is 2.00. The number of benzene rings is 5. The van der Waals surface area contributed by atoms with Crippen LogP contribution in [0.2, 0.25) is 0 Å². The number of hydrogen-bond donors (Lipinski definition) is 1. The summed E-state index contributed by atoms with van der Waals surface area (Å²) in [7, 11) is 0. The van der Waals surface area contributed by atoms with Crippen LogP contribution in [-0.4, -0.2) is 32.4 Å². The number of piperidine rings is 1. The van der Waals surface area contributed by atoms with Crippen molar-refractivity contribution in [3.05, 3.63) is 144 Å². The Morgan fingerprint density at radius 1 is 0.644 bits per heavy atom. The molecule has 45 heavy (non-hydrogen) atoms. The summed E-state index contributed by atoms with van der Waals surface area (Å²) < 4.78 is 24.5. The molecule has 234 valence electrons. The maximum Gasteiger partial charge on any atom is 0.125 e. The topological polar surface area (TPSA) is 49.0 Å². The molecule has 0 amide bonds. The molecule has 1 N–H and O–H groups in total. The lowest BCUT2D eigenvalue weighted by Gasteiger charge is -2.32. The lowest BCUT2D eigenvalue weighted by atomic mass is 9.87. The SMILES string of the molecule is Br.c1ccc(COc2ccccc2COCCCOc2ccc(C3CCNCC3OCc3ccc4ccccc4c3)cc2)cc1. The number of para-hydroxylation sites is 1. The molecule has 0 spiro atoms. The molecule has 0 aromatic heterocycles. The minimum absolute atomic E-state index is 0. The van der Waals surface area contributed by atoms with Gasteiger partial charge in [0.05, 0.1) is 32.5 Å². The summed E-state index contributed by atoms with van der Waals surface area (Å²) in [5.74, 6) is 2.11. The van der Waals surface area contributed by atoms with Crippen molar-refractivity contribution in [3.8, 4) is 11.5 Å². The van der Waals surface area contributed by atoms with Crippen LogP contribution in [0.4, 0.5) is 0 Å².